The highest BCUT2D eigenvalue weighted by Gasteiger charge is 2.24. The quantitative estimate of drug-likeness (QED) is 0.168. The molecule has 2 heterocycles. The van der Waals surface area contributed by atoms with Crippen molar-refractivity contribution < 1.29 is 4.42 Å². The topological polar surface area (TPSA) is 51.8 Å². The Labute approximate surface area is 317 Å². The minimum atomic E-state index is 0.599. The first-order chi connectivity index (χ1) is 27.3. The van der Waals surface area contributed by atoms with Gasteiger partial charge < -0.3 is 4.42 Å². The van der Waals surface area contributed by atoms with E-state index in [1.165, 1.54) is 10.8 Å². The standard InChI is InChI=1S/C51H31N3O/c1-3-13-32(14-4-1)34-23-27-36(28-24-34)49-52-50(37-29-25-35(26-30-37)33-15-5-2-6-16-33)54-51(53-49)48-46-41-20-10-9-18-39(41)38-17-7-8-19-40(38)43(46)31-45-47(48)42-21-11-12-22-44(42)55-45/h1-31H. The first kappa shape index (κ1) is 31.1. The number of nitrogens with zero attached hydrogens (tertiary/aromatic N) is 3. The minimum Gasteiger partial charge on any atom is -0.456 e. The van der Waals surface area contributed by atoms with Crippen molar-refractivity contribution in [3.63, 3.8) is 0 Å². The first-order valence-electron chi connectivity index (χ1n) is 18.5. The molecule has 0 saturated carbocycles. The fourth-order valence-electron chi connectivity index (χ4n) is 8.12. The molecule has 4 heteroatoms. The van der Waals surface area contributed by atoms with Crippen molar-refractivity contribution in [2.75, 3.05) is 0 Å². The SMILES string of the molecule is c1ccc(-c2ccc(-c3nc(-c4ccc(-c5ccccc5)cc4)nc(-c4c5c(cc6c7ccccc7c7ccccc7c46)oc4ccccc45)n3)cc2)cc1. The van der Waals surface area contributed by atoms with Crippen molar-refractivity contribution in [1.82, 2.24) is 15.0 Å². The summed E-state index contributed by atoms with van der Waals surface area (Å²) in [5, 5.41) is 8.88. The number of furan rings is 1. The molecule has 11 aromatic rings. The van der Waals surface area contributed by atoms with E-state index in [-0.39, 0.29) is 0 Å². The number of aromatic nitrogens is 3. The summed E-state index contributed by atoms with van der Waals surface area (Å²) in [7, 11) is 0. The average Bonchev–Trinajstić information content (AvgIpc) is 3.64. The molecule has 0 atom stereocenters. The third-order valence-electron chi connectivity index (χ3n) is 10.7. The van der Waals surface area contributed by atoms with Crippen LogP contribution in [0.2, 0.25) is 0 Å². The van der Waals surface area contributed by atoms with Gasteiger partial charge in [0.25, 0.3) is 0 Å². The third kappa shape index (κ3) is 5.19. The van der Waals surface area contributed by atoms with E-state index in [1.54, 1.807) is 0 Å². The molecule has 0 saturated heterocycles. The number of benzene rings is 9. The molecule has 0 radical (unpaired) electrons. The smallest absolute Gasteiger partial charge is 0.165 e. The van der Waals surface area contributed by atoms with Crippen LogP contribution in [0.1, 0.15) is 0 Å². The van der Waals surface area contributed by atoms with Crippen LogP contribution in [0.4, 0.5) is 0 Å². The molecule has 0 unspecified atom stereocenters. The number of para-hydroxylation sites is 1. The van der Waals surface area contributed by atoms with Crippen LogP contribution in [0.15, 0.2) is 192 Å². The summed E-state index contributed by atoms with van der Waals surface area (Å²) in [5.41, 5.74) is 8.97. The van der Waals surface area contributed by atoms with Crippen LogP contribution >= 0.6 is 0 Å². The van der Waals surface area contributed by atoms with E-state index in [4.69, 9.17) is 19.4 Å². The zero-order chi connectivity index (χ0) is 36.3. The molecule has 0 fully saturated rings. The summed E-state index contributed by atoms with van der Waals surface area (Å²) >= 11 is 0. The maximum absolute atomic E-state index is 6.65. The van der Waals surface area contributed by atoms with Gasteiger partial charge in [-0.15, -0.1) is 0 Å². The Morgan fingerprint density at radius 2 is 0.673 bits per heavy atom. The van der Waals surface area contributed by atoms with Crippen molar-refractivity contribution in [3.05, 3.63) is 188 Å². The number of hydrogen-bond acceptors (Lipinski definition) is 4. The van der Waals surface area contributed by atoms with E-state index in [9.17, 15) is 0 Å². The lowest BCUT2D eigenvalue weighted by Gasteiger charge is -2.16. The Bertz CT molecular complexity index is 3120. The Kier molecular flexibility index (Phi) is 7.14. The summed E-state index contributed by atoms with van der Waals surface area (Å²) in [5.74, 6) is 1.81. The minimum absolute atomic E-state index is 0.599. The van der Waals surface area contributed by atoms with Gasteiger partial charge in [0.2, 0.25) is 0 Å². The lowest BCUT2D eigenvalue weighted by atomic mass is 9.89. The summed E-state index contributed by atoms with van der Waals surface area (Å²) in [6.07, 6.45) is 0. The average molecular weight is 702 g/mol. The fraction of sp³-hybridized carbons (Fsp3) is 0. The molecule has 256 valence electrons. The largest absolute Gasteiger partial charge is 0.456 e. The second-order valence-corrected chi connectivity index (χ2v) is 13.9. The lowest BCUT2D eigenvalue weighted by Crippen LogP contribution is -2.01. The lowest BCUT2D eigenvalue weighted by molar-refractivity contribution is 0.669. The van der Waals surface area contributed by atoms with E-state index in [0.29, 0.717) is 17.5 Å². The van der Waals surface area contributed by atoms with Crippen LogP contribution in [0.25, 0.3) is 111 Å². The highest BCUT2D eigenvalue weighted by molar-refractivity contribution is 6.33. The van der Waals surface area contributed by atoms with Crippen molar-refractivity contribution >= 4 is 54.3 Å². The highest BCUT2D eigenvalue weighted by Crippen LogP contribution is 2.46. The number of hydrogen-bond donors (Lipinski definition) is 0. The monoisotopic (exact) mass is 701 g/mol. The van der Waals surface area contributed by atoms with E-state index in [1.807, 2.05) is 24.3 Å². The second kappa shape index (κ2) is 12.6. The van der Waals surface area contributed by atoms with Gasteiger partial charge in [-0.05, 0) is 61.3 Å². The molecule has 0 aliphatic heterocycles. The van der Waals surface area contributed by atoms with Gasteiger partial charge in [-0.3, -0.25) is 0 Å². The van der Waals surface area contributed by atoms with Crippen molar-refractivity contribution in [2.45, 2.75) is 0 Å². The normalized spacial score (nSPS) is 11.6. The second-order valence-electron chi connectivity index (χ2n) is 13.9. The van der Waals surface area contributed by atoms with E-state index in [2.05, 4.69) is 164 Å². The Morgan fingerprint density at radius 3 is 1.24 bits per heavy atom. The van der Waals surface area contributed by atoms with Gasteiger partial charge >= 0.3 is 0 Å². The van der Waals surface area contributed by atoms with Gasteiger partial charge in [0.05, 0.1) is 0 Å². The molecule has 11 rings (SSSR count). The molecule has 2 aromatic heterocycles. The number of fused-ring (bicyclic) bond motifs is 9. The maximum atomic E-state index is 6.65. The molecular formula is C51H31N3O. The van der Waals surface area contributed by atoms with Gasteiger partial charge in [-0.25, -0.2) is 15.0 Å². The molecule has 0 aliphatic rings. The molecule has 0 amide bonds. The van der Waals surface area contributed by atoms with Gasteiger partial charge in [0.1, 0.15) is 11.2 Å². The van der Waals surface area contributed by atoms with Gasteiger partial charge in [-0.1, -0.05) is 176 Å². The molecule has 0 spiro atoms. The Morgan fingerprint density at radius 1 is 0.273 bits per heavy atom. The highest BCUT2D eigenvalue weighted by atomic mass is 16.3. The van der Waals surface area contributed by atoms with Gasteiger partial charge in [-0.2, -0.15) is 0 Å². The van der Waals surface area contributed by atoms with E-state index < -0.39 is 0 Å². The zero-order valence-corrected chi connectivity index (χ0v) is 29.6. The van der Waals surface area contributed by atoms with Gasteiger partial charge in [0.15, 0.2) is 17.5 Å². The van der Waals surface area contributed by atoms with E-state index in [0.717, 1.165) is 82.4 Å². The summed E-state index contributed by atoms with van der Waals surface area (Å²) in [6.45, 7) is 0. The summed E-state index contributed by atoms with van der Waals surface area (Å²) < 4.78 is 6.65. The molecule has 9 aromatic carbocycles. The Balaban J connectivity index is 1.23. The predicted octanol–water partition coefficient (Wildman–Crippen LogP) is 13.6. The van der Waals surface area contributed by atoms with Crippen LogP contribution in [0, 0.1) is 0 Å². The molecule has 0 aliphatic carbocycles. The summed E-state index contributed by atoms with van der Waals surface area (Å²) in [6, 6.07) is 65.6. The molecule has 0 N–H and O–H groups in total. The van der Waals surface area contributed by atoms with E-state index >= 15 is 0 Å². The maximum Gasteiger partial charge on any atom is 0.165 e. The molecular weight excluding hydrogens is 671 g/mol. The van der Waals surface area contributed by atoms with Crippen LogP contribution < -0.4 is 0 Å². The van der Waals surface area contributed by atoms with Crippen LogP contribution in [0.3, 0.4) is 0 Å². The van der Waals surface area contributed by atoms with Crippen molar-refractivity contribution in [2.24, 2.45) is 0 Å². The fourth-order valence-corrected chi connectivity index (χ4v) is 8.12. The van der Waals surface area contributed by atoms with Crippen LogP contribution in [-0.4, -0.2) is 15.0 Å². The predicted molar refractivity (Wildman–Crippen MR) is 227 cm³/mol. The first-order valence-corrected chi connectivity index (χ1v) is 18.5. The van der Waals surface area contributed by atoms with Gasteiger partial charge in [0, 0.05) is 32.8 Å². The van der Waals surface area contributed by atoms with Crippen molar-refractivity contribution in [3.8, 4) is 56.4 Å². The zero-order valence-electron chi connectivity index (χ0n) is 29.6. The third-order valence-corrected chi connectivity index (χ3v) is 10.7. The van der Waals surface area contributed by atoms with Crippen LogP contribution in [-0.2, 0) is 0 Å². The molecule has 0 bridgehead atoms. The van der Waals surface area contributed by atoms with Crippen molar-refractivity contribution in [1.29, 1.82) is 0 Å². The molecule has 4 nitrogen and oxygen atoms in total. The summed E-state index contributed by atoms with van der Waals surface area (Å²) in [4.78, 5) is 15.9. The van der Waals surface area contributed by atoms with Crippen LogP contribution in [0.5, 0.6) is 0 Å². The molecule has 55 heavy (non-hydrogen) atoms. The number of rotatable bonds is 5. The Hall–Kier alpha value is -7.43.